The Labute approximate surface area is 274 Å². The minimum atomic E-state index is -1.14. The molecule has 1 saturated heterocycles. The molecule has 4 rings (SSSR count). The van der Waals surface area contributed by atoms with Crippen molar-refractivity contribution in [2.75, 3.05) is 42.3 Å². The summed E-state index contributed by atoms with van der Waals surface area (Å²) in [5.41, 5.74) is 9.40. The molecule has 4 N–H and O–H groups in total. The Hall–Kier alpha value is -4.04. The number of carboxylic acids is 1. The number of aromatic carboxylic acids is 1. The van der Waals surface area contributed by atoms with Crippen LogP contribution in [0.3, 0.4) is 0 Å². The fourth-order valence-corrected chi connectivity index (χ4v) is 5.98. The Morgan fingerprint density at radius 3 is 2.20 bits per heavy atom. The largest absolute Gasteiger partial charge is 0.491 e. The maximum Gasteiger partial charge on any atom is 0.336 e. The molecule has 0 bridgehead atoms. The number of para-hydroxylation sites is 2. The van der Waals surface area contributed by atoms with Gasteiger partial charge in [-0.25, -0.2) is 4.79 Å². The summed E-state index contributed by atoms with van der Waals surface area (Å²) in [4.78, 5) is 27.0. The number of unbranched alkanes of at least 4 members (excludes halogenated alkanes) is 11. The Morgan fingerprint density at radius 2 is 1.50 bits per heavy atom. The highest BCUT2D eigenvalue weighted by Gasteiger charge is 2.25. The van der Waals surface area contributed by atoms with Gasteiger partial charge in [-0.15, -0.1) is 0 Å². The van der Waals surface area contributed by atoms with Gasteiger partial charge in [-0.1, -0.05) is 108 Å². The lowest BCUT2D eigenvalue weighted by molar-refractivity contribution is 0.0397. The van der Waals surface area contributed by atoms with Crippen LogP contribution < -0.4 is 20.7 Å². The predicted octanol–water partition coefficient (Wildman–Crippen LogP) is 8.88. The molecule has 0 radical (unpaired) electrons. The average molecular weight is 630 g/mol. The predicted molar refractivity (Wildman–Crippen MR) is 186 cm³/mol. The number of hydrogen-bond acceptors (Lipinski definition) is 6. The fourth-order valence-electron chi connectivity index (χ4n) is 5.98. The van der Waals surface area contributed by atoms with Gasteiger partial charge in [0.05, 0.1) is 41.4 Å². The van der Waals surface area contributed by atoms with E-state index in [4.69, 9.17) is 15.2 Å². The summed E-state index contributed by atoms with van der Waals surface area (Å²) in [5, 5.41) is 12.5. The van der Waals surface area contributed by atoms with Crippen LogP contribution in [0.25, 0.3) is 0 Å². The number of rotatable bonds is 19. The summed E-state index contributed by atoms with van der Waals surface area (Å²) >= 11 is 0. The number of amides is 1. The van der Waals surface area contributed by atoms with Crippen molar-refractivity contribution in [2.45, 2.75) is 90.1 Å². The Kier molecular flexibility index (Phi) is 14.2. The second-order valence-corrected chi connectivity index (χ2v) is 12.2. The van der Waals surface area contributed by atoms with Gasteiger partial charge < -0.3 is 30.5 Å². The zero-order chi connectivity index (χ0) is 32.6. The number of nitrogens with zero attached hydrogens (tertiary/aromatic N) is 1. The van der Waals surface area contributed by atoms with E-state index in [0.717, 1.165) is 24.1 Å². The molecule has 0 aromatic heterocycles. The molecular formula is C38H51N3O5. The lowest BCUT2D eigenvalue weighted by Gasteiger charge is -2.36. The minimum Gasteiger partial charge on any atom is -0.491 e. The third-order valence-electron chi connectivity index (χ3n) is 8.63. The van der Waals surface area contributed by atoms with Gasteiger partial charge in [-0.05, 0) is 48.4 Å². The molecule has 8 nitrogen and oxygen atoms in total. The molecule has 8 heteroatoms. The van der Waals surface area contributed by atoms with Crippen LogP contribution in [0.15, 0.2) is 66.7 Å². The Balaban J connectivity index is 1.27. The van der Waals surface area contributed by atoms with Gasteiger partial charge in [0.25, 0.3) is 5.91 Å². The number of nitrogens with one attached hydrogen (secondary N) is 1. The molecule has 1 aliphatic rings. The first-order valence-electron chi connectivity index (χ1n) is 17.1. The molecule has 1 heterocycles. The first-order valence-corrected chi connectivity index (χ1v) is 17.1. The van der Waals surface area contributed by atoms with E-state index in [1.165, 1.54) is 76.3 Å². The quantitative estimate of drug-likeness (QED) is 0.0896. The number of benzene rings is 3. The number of anilines is 3. The molecule has 248 valence electrons. The van der Waals surface area contributed by atoms with Gasteiger partial charge in [0.15, 0.2) is 0 Å². The lowest BCUT2D eigenvalue weighted by atomic mass is 10.0. The van der Waals surface area contributed by atoms with Gasteiger partial charge >= 0.3 is 5.97 Å². The first-order chi connectivity index (χ1) is 22.5. The van der Waals surface area contributed by atoms with Crippen LogP contribution in [0.2, 0.25) is 0 Å². The van der Waals surface area contributed by atoms with Crippen LogP contribution in [0.5, 0.6) is 5.75 Å². The van der Waals surface area contributed by atoms with E-state index >= 15 is 0 Å². The number of ether oxygens (including phenoxy) is 2. The lowest BCUT2D eigenvalue weighted by Crippen LogP contribution is -2.38. The zero-order valence-corrected chi connectivity index (χ0v) is 27.3. The van der Waals surface area contributed by atoms with Crippen molar-refractivity contribution in [3.8, 4) is 5.75 Å². The zero-order valence-electron chi connectivity index (χ0n) is 27.3. The molecule has 1 amide bonds. The summed E-state index contributed by atoms with van der Waals surface area (Å²) in [7, 11) is 0. The van der Waals surface area contributed by atoms with E-state index in [2.05, 4.69) is 17.1 Å². The monoisotopic (exact) mass is 629 g/mol. The summed E-state index contributed by atoms with van der Waals surface area (Å²) in [6.07, 6.45) is 15.4. The summed E-state index contributed by atoms with van der Waals surface area (Å²) in [6.45, 7) is 4.63. The van der Waals surface area contributed by atoms with Gasteiger partial charge in [0.2, 0.25) is 0 Å². The second-order valence-electron chi connectivity index (χ2n) is 12.2. The average Bonchev–Trinajstić information content (AvgIpc) is 3.08. The second kappa shape index (κ2) is 18.8. The number of nitrogens with two attached hydrogens (primary N) is 1. The van der Waals surface area contributed by atoms with Gasteiger partial charge in [-0.3, -0.25) is 4.79 Å². The maximum atomic E-state index is 13.1. The Bertz CT molecular complexity index is 1390. The molecule has 1 unspecified atom stereocenters. The molecule has 1 atom stereocenters. The smallest absolute Gasteiger partial charge is 0.336 e. The van der Waals surface area contributed by atoms with Crippen molar-refractivity contribution in [1.82, 2.24) is 0 Å². The molecule has 0 aliphatic carbocycles. The maximum absolute atomic E-state index is 13.1. The van der Waals surface area contributed by atoms with E-state index in [-0.39, 0.29) is 17.2 Å². The fraction of sp³-hybridized carbons (Fsp3) is 0.474. The van der Waals surface area contributed by atoms with E-state index in [1.54, 1.807) is 12.1 Å². The minimum absolute atomic E-state index is 0.0379. The van der Waals surface area contributed by atoms with Crippen molar-refractivity contribution in [2.24, 2.45) is 0 Å². The number of carboxylic acid groups (broad SMARTS) is 1. The third-order valence-corrected chi connectivity index (χ3v) is 8.63. The SMILES string of the molecule is CCCCCCCCCCCCCCOc1cc(C2CN(c3ccccc3NC(=O)c3ccccc3C(=O)O)CCO2)ccc1N. The van der Waals surface area contributed by atoms with Crippen LogP contribution in [-0.4, -0.2) is 43.3 Å². The summed E-state index contributed by atoms with van der Waals surface area (Å²) in [5.74, 6) is -0.925. The van der Waals surface area contributed by atoms with Crippen LogP contribution in [0, 0.1) is 0 Å². The van der Waals surface area contributed by atoms with Crippen LogP contribution >= 0.6 is 0 Å². The van der Waals surface area contributed by atoms with Crippen molar-refractivity contribution < 1.29 is 24.2 Å². The van der Waals surface area contributed by atoms with Gasteiger partial charge in [0.1, 0.15) is 11.9 Å². The Morgan fingerprint density at radius 1 is 0.870 bits per heavy atom. The van der Waals surface area contributed by atoms with E-state index in [0.29, 0.717) is 43.4 Å². The van der Waals surface area contributed by atoms with E-state index < -0.39 is 11.9 Å². The van der Waals surface area contributed by atoms with Gasteiger partial charge in [-0.2, -0.15) is 0 Å². The number of carbonyl (C=O) groups is 2. The first kappa shape index (κ1) is 34.8. The number of morpholine rings is 1. The molecular weight excluding hydrogens is 578 g/mol. The summed E-state index contributed by atoms with van der Waals surface area (Å²) < 4.78 is 12.3. The van der Waals surface area contributed by atoms with Crippen molar-refractivity contribution >= 4 is 28.9 Å². The normalized spacial score (nSPS) is 14.6. The molecule has 3 aromatic carbocycles. The molecule has 1 fully saturated rings. The van der Waals surface area contributed by atoms with Crippen molar-refractivity contribution in [1.29, 1.82) is 0 Å². The molecule has 46 heavy (non-hydrogen) atoms. The number of hydrogen-bond donors (Lipinski definition) is 3. The van der Waals surface area contributed by atoms with Crippen LogP contribution in [0.4, 0.5) is 17.1 Å². The summed E-state index contributed by atoms with van der Waals surface area (Å²) in [6, 6.07) is 19.6. The van der Waals surface area contributed by atoms with Gasteiger partial charge in [0, 0.05) is 13.1 Å². The van der Waals surface area contributed by atoms with Crippen molar-refractivity contribution in [3.05, 3.63) is 83.4 Å². The topological polar surface area (TPSA) is 114 Å². The highest BCUT2D eigenvalue weighted by atomic mass is 16.5. The third kappa shape index (κ3) is 10.5. The molecule has 1 aliphatic heterocycles. The number of nitrogen functional groups attached to an aromatic ring is 1. The molecule has 0 spiro atoms. The highest BCUT2D eigenvalue weighted by Crippen LogP contribution is 2.34. The van der Waals surface area contributed by atoms with Crippen LogP contribution in [-0.2, 0) is 4.74 Å². The van der Waals surface area contributed by atoms with E-state index in [9.17, 15) is 14.7 Å². The molecule has 3 aromatic rings. The van der Waals surface area contributed by atoms with Crippen molar-refractivity contribution in [3.63, 3.8) is 0 Å². The standard InChI is InChI=1S/C38H51N3O5/c1-2-3-4-5-6-7-8-9-10-11-12-17-25-45-35-27-29(22-23-32(35)39)36-28-41(24-26-46-36)34-21-16-15-20-33(34)40-37(42)30-18-13-14-19-31(30)38(43)44/h13-16,18-23,27,36H,2-12,17,24-26,28,39H2,1H3,(H,40,42)(H,43,44). The highest BCUT2D eigenvalue weighted by molar-refractivity contribution is 6.11. The number of carbonyl (C=O) groups excluding carboxylic acids is 1. The van der Waals surface area contributed by atoms with E-state index in [1.807, 2.05) is 42.5 Å². The van der Waals surface area contributed by atoms with Crippen LogP contribution in [0.1, 0.15) is 116 Å². The molecule has 0 saturated carbocycles.